The SMILES string of the molecule is COc1ccc(/C(O)=C2\C(=O)C(=O)N(c3nc4ccc(C(C)C)cc4s3)C2c2ccccn2)c(C)c1. The van der Waals surface area contributed by atoms with Gasteiger partial charge in [0.05, 0.1) is 28.6 Å². The molecular formula is C28H25N3O4S. The van der Waals surface area contributed by atoms with Gasteiger partial charge < -0.3 is 9.84 Å². The number of thiazole rings is 1. The van der Waals surface area contributed by atoms with Crippen LogP contribution >= 0.6 is 11.3 Å². The highest BCUT2D eigenvalue weighted by molar-refractivity contribution is 7.22. The van der Waals surface area contributed by atoms with Gasteiger partial charge in [-0.25, -0.2) is 4.98 Å². The van der Waals surface area contributed by atoms with E-state index in [1.54, 1.807) is 49.7 Å². The molecule has 2 aromatic carbocycles. The summed E-state index contributed by atoms with van der Waals surface area (Å²) in [5.41, 5.74) is 3.50. The number of carbonyl (C=O) groups excluding carboxylic acids is 2. The molecule has 36 heavy (non-hydrogen) atoms. The summed E-state index contributed by atoms with van der Waals surface area (Å²) < 4.78 is 6.19. The summed E-state index contributed by atoms with van der Waals surface area (Å²) in [4.78, 5) is 37.3. The standard InChI is InChI=1S/C28H25N3O4S/c1-15(2)17-8-11-20-22(14-17)36-28(30-20)31-24(21-7-5-6-12-29-21)23(26(33)27(31)34)25(32)19-10-9-18(35-4)13-16(19)3/h5-15,24,32H,1-4H3/b25-23+. The molecule has 1 fully saturated rings. The minimum atomic E-state index is -0.919. The number of aromatic nitrogens is 2. The number of Topliss-reactive ketones (excluding diaryl/α,β-unsaturated/α-hetero) is 1. The van der Waals surface area contributed by atoms with Crippen molar-refractivity contribution in [2.24, 2.45) is 0 Å². The number of nitrogens with zero attached hydrogens (tertiary/aromatic N) is 3. The summed E-state index contributed by atoms with van der Waals surface area (Å²) in [6.45, 7) is 6.04. The molecule has 1 N–H and O–H groups in total. The van der Waals surface area contributed by atoms with Crippen molar-refractivity contribution in [1.82, 2.24) is 9.97 Å². The number of rotatable bonds is 5. The summed E-state index contributed by atoms with van der Waals surface area (Å²) in [6.07, 6.45) is 1.60. The van der Waals surface area contributed by atoms with E-state index in [0.29, 0.717) is 33.6 Å². The molecule has 3 heterocycles. The first kappa shape index (κ1) is 23.7. The van der Waals surface area contributed by atoms with Gasteiger partial charge in [-0.1, -0.05) is 37.3 Å². The highest BCUT2D eigenvalue weighted by Crippen LogP contribution is 2.44. The molecule has 182 valence electrons. The second kappa shape index (κ2) is 9.20. The van der Waals surface area contributed by atoms with Crippen molar-refractivity contribution in [2.45, 2.75) is 32.7 Å². The Labute approximate surface area is 212 Å². The van der Waals surface area contributed by atoms with Crippen molar-refractivity contribution >= 4 is 44.1 Å². The van der Waals surface area contributed by atoms with E-state index in [4.69, 9.17) is 4.74 Å². The number of hydrogen-bond acceptors (Lipinski definition) is 7. The van der Waals surface area contributed by atoms with Gasteiger partial charge in [0.25, 0.3) is 5.78 Å². The van der Waals surface area contributed by atoms with Crippen molar-refractivity contribution < 1.29 is 19.4 Å². The lowest BCUT2D eigenvalue weighted by molar-refractivity contribution is -0.132. The van der Waals surface area contributed by atoms with E-state index in [-0.39, 0.29) is 11.3 Å². The third-order valence-electron chi connectivity index (χ3n) is 6.37. The predicted octanol–water partition coefficient (Wildman–Crippen LogP) is 5.76. The van der Waals surface area contributed by atoms with E-state index in [1.165, 1.54) is 16.2 Å². The number of hydrogen-bond donors (Lipinski definition) is 1. The zero-order valence-electron chi connectivity index (χ0n) is 20.4. The molecule has 8 heteroatoms. The van der Waals surface area contributed by atoms with Crippen LogP contribution in [0.15, 0.2) is 66.4 Å². The average Bonchev–Trinajstić information content (AvgIpc) is 3.41. The van der Waals surface area contributed by atoms with Gasteiger partial charge in [0.1, 0.15) is 17.6 Å². The molecule has 0 spiro atoms. The van der Waals surface area contributed by atoms with Crippen LogP contribution in [0.4, 0.5) is 5.13 Å². The van der Waals surface area contributed by atoms with E-state index in [1.807, 2.05) is 19.1 Å². The maximum Gasteiger partial charge on any atom is 0.301 e. The number of benzene rings is 2. The van der Waals surface area contributed by atoms with Crippen LogP contribution in [0.1, 0.15) is 48.2 Å². The molecular weight excluding hydrogens is 474 g/mol. The molecule has 1 aliphatic heterocycles. The summed E-state index contributed by atoms with van der Waals surface area (Å²) >= 11 is 1.34. The lowest BCUT2D eigenvalue weighted by Crippen LogP contribution is -2.29. The normalized spacial score (nSPS) is 17.4. The first-order valence-corrected chi connectivity index (χ1v) is 12.4. The molecule has 0 saturated carbocycles. The minimum absolute atomic E-state index is 0.0194. The molecule has 5 rings (SSSR count). The summed E-state index contributed by atoms with van der Waals surface area (Å²) in [6, 6.07) is 15.5. The first-order chi connectivity index (χ1) is 17.3. The molecule has 1 amide bonds. The van der Waals surface area contributed by atoms with Gasteiger partial charge in [-0.05, 0) is 66.4 Å². The molecule has 0 aliphatic carbocycles. The smallest absolute Gasteiger partial charge is 0.301 e. The lowest BCUT2D eigenvalue weighted by atomic mass is 9.96. The number of ether oxygens (including phenoxy) is 1. The Bertz CT molecular complexity index is 1520. The monoisotopic (exact) mass is 499 g/mol. The van der Waals surface area contributed by atoms with Crippen LogP contribution in [0.3, 0.4) is 0 Å². The number of aryl methyl sites for hydroxylation is 1. The molecule has 1 unspecified atom stereocenters. The highest BCUT2D eigenvalue weighted by atomic mass is 32.1. The largest absolute Gasteiger partial charge is 0.507 e. The van der Waals surface area contributed by atoms with Crippen LogP contribution in [0, 0.1) is 6.92 Å². The third-order valence-corrected chi connectivity index (χ3v) is 7.39. The summed E-state index contributed by atoms with van der Waals surface area (Å²) in [5.74, 6) is -0.812. The van der Waals surface area contributed by atoms with Gasteiger partial charge in [0.15, 0.2) is 5.13 Å². The number of aliphatic hydroxyl groups excluding tert-OH is 1. The van der Waals surface area contributed by atoms with Crippen LogP contribution in [-0.2, 0) is 9.59 Å². The summed E-state index contributed by atoms with van der Waals surface area (Å²) in [7, 11) is 1.56. The molecule has 2 aromatic heterocycles. The van der Waals surface area contributed by atoms with Crippen molar-refractivity contribution in [3.05, 3.63) is 88.8 Å². The fourth-order valence-electron chi connectivity index (χ4n) is 4.41. The van der Waals surface area contributed by atoms with Gasteiger partial charge in [-0.3, -0.25) is 19.5 Å². The zero-order chi connectivity index (χ0) is 25.6. The number of ketones is 1. The maximum atomic E-state index is 13.4. The van der Waals surface area contributed by atoms with Gasteiger partial charge >= 0.3 is 5.91 Å². The summed E-state index contributed by atoms with van der Waals surface area (Å²) in [5, 5.41) is 11.8. The van der Waals surface area contributed by atoms with Crippen molar-refractivity contribution in [3.8, 4) is 5.75 Å². The molecule has 1 atom stereocenters. The second-order valence-electron chi connectivity index (χ2n) is 8.98. The number of aliphatic hydroxyl groups is 1. The average molecular weight is 500 g/mol. The Morgan fingerprint density at radius 2 is 1.92 bits per heavy atom. The fraction of sp³-hybridized carbons (Fsp3) is 0.214. The minimum Gasteiger partial charge on any atom is -0.507 e. The molecule has 0 radical (unpaired) electrons. The first-order valence-electron chi connectivity index (χ1n) is 11.6. The number of carbonyl (C=O) groups is 2. The van der Waals surface area contributed by atoms with Crippen LogP contribution in [-0.4, -0.2) is 33.9 Å². The molecule has 7 nitrogen and oxygen atoms in total. The number of pyridine rings is 1. The third kappa shape index (κ3) is 3.93. The topological polar surface area (TPSA) is 92.6 Å². The Balaban J connectivity index is 1.70. The van der Waals surface area contributed by atoms with E-state index in [0.717, 1.165) is 15.8 Å². The van der Waals surface area contributed by atoms with Crippen molar-refractivity contribution in [2.75, 3.05) is 12.0 Å². The predicted molar refractivity (Wildman–Crippen MR) is 140 cm³/mol. The molecule has 1 saturated heterocycles. The van der Waals surface area contributed by atoms with Gasteiger partial charge in [0.2, 0.25) is 0 Å². The highest BCUT2D eigenvalue weighted by Gasteiger charge is 2.49. The Hall–Kier alpha value is -4.04. The second-order valence-corrected chi connectivity index (χ2v) is 9.99. The molecule has 0 bridgehead atoms. The quantitative estimate of drug-likeness (QED) is 0.213. The Morgan fingerprint density at radius 3 is 2.58 bits per heavy atom. The fourth-order valence-corrected chi connectivity index (χ4v) is 5.45. The Morgan fingerprint density at radius 1 is 1.11 bits per heavy atom. The van der Waals surface area contributed by atoms with E-state index in [9.17, 15) is 14.7 Å². The lowest BCUT2D eigenvalue weighted by Gasteiger charge is -2.22. The maximum absolute atomic E-state index is 13.4. The van der Waals surface area contributed by atoms with Crippen LogP contribution in [0.2, 0.25) is 0 Å². The number of amides is 1. The number of fused-ring (bicyclic) bond motifs is 1. The van der Waals surface area contributed by atoms with E-state index < -0.39 is 17.7 Å². The number of anilines is 1. The molecule has 1 aliphatic rings. The van der Waals surface area contributed by atoms with E-state index in [2.05, 4.69) is 29.9 Å². The van der Waals surface area contributed by atoms with Crippen molar-refractivity contribution in [1.29, 1.82) is 0 Å². The van der Waals surface area contributed by atoms with Crippen LogP contribution in [0.5, 0.6) is 5.75 Å². The van der Waals surface area contributed by atoms with Crippen LogP contribution < -0.4 is 9.64 Å². The van der Waals surface area contributed by atoms with Crippen LogP contribution in [0.25, 0.3) is 16.0 Å². The zero-order valence-corrected chi connectivity index (χ0v) is 21.2. The van der Waals surface area contributed by atoms with Gasteiger partial charge in [0, 0.05) is 11.8 Å². The van der Waals surface area contributed by atoms with Gasteiger partial charge in [-0.2, -0.15) is 0 Å². The Kier molecular flexibility index (Phi) is 6.05. The molecule has 4 aromatic rings. The number of methoxy groups -OCH3 is 1. The van der Waals surface area contributed by atoms with Gasteiger partial charge in [-0.15, -0.1) is 0 Å². The van der Waals surface area contributed by atoms with E-state index >= 15 is 0 Å². The van der Waals surface area contributed by atoms with Crippen molar-refractivity contribution in [3.63, 3.8) is 0 Å².